The molecule has 0 fully saturated rings. The van der Waals surface area contributed by atoms with E-state index in [9.17, 15) is 4.79 Å². The maximum absolute atomic E-state index is 11.5. The maximum atomic E-state index is 11.5. The van der Waals surface area contributed by atoms with Crippen LogP contribution >= 0.6 is 0 Å². The largest absolute Gasteiger partial charge is 0.326 e. The summed E-state index contributed by atoms with van der Waals surface area (Å²) in [5, 5.41) is 0. The van der Waals surface area contributed by atoms with Gasteiger partial charge in [0.05, 0.1) is 0 Å². The van der Waals surface area contributed by atoms with Gasteiger partial charge < -0.3 is 10.3 Å². The molecule has 0 saturated carbocycles. The van der Waals surface area contributed by atoms with Crippen molar-refractivity contribution in [3.8, 4) is 0 Å². The first-order chi connectivity index (χ1) is 6.65. The van der Waals surface area contributed by atoms with E-state index in [0.717, 1.165) is 18.5 Å². The van der Waals surface area contributed by atoms with E-state index in [-0.39, 0.29) is 11.6 Å². The third-order valence-corrected chi connectivity index (χ3v) is 2.34. The second kappa shape index (κ2) is 4.96. The van der Waals surface area contributed by atoms with Crippen LogP contribution in [-0.2, 0) is 6.54 Å². The minimum atomic E-state index is 0.0385. The Balaban J connectivity index is 2.80. The van der Waals surface area contributed by atoms with Crippen molar-refractivity contribution in [1.82, 2.24) is 4.57 Å². The Morgan fingerprint density at radius 2 is 2.21 bits per heavy atom. The molecule has 1 heterocycles. The molecule has 0 amide bonds. The molecule has 1 atom stereocenters. The molecule has 3 nitrogen and oxygen atoms in total. The lowest BCUT2D eigenvalue weighted by Gasteiger charge is -2.14. The van der Waals surface area contributed by atoms with Gasteiger partial charge in [0.15, 0.2) is 0 Å². The highest BCUT2D eigenvalue weighted by molar-refractivity contribution is 5.04. The van der Waals surface area contributed by atoms with Gasteiger partial charge in [-0.1, -0.05) is 19.4 Å². The molecule has 0 spiro atoms. The zero-order valence-electron chi connectivity index (χ0n) is 8.86. The van der Waals surface area contributed by atoms with Gasteiger partial charge in [-0.05, 0) is 19.4 Å². The van der Waals surface area contributed by atoms with Crippen LogP contribution in [0, 0.1) is 6.92 Å². The maximum Gasteiger partial charge on any atom is 0.250 e. The van der Waals surface area contributed by atoms with Crippen molar-refractivity contribution < 1.29 is 0 Å². The molecule has 1 aromatic rings. The Kier molecular flexibility index (Phi) is 3.89. The second-order valence-electron chi connectivity index (χ2n) is 3.66. The first-order valence-electron chi connectivity index (χ1n) is 5.07. The molecule has 1 unspecified atom stereocenters. The minimum Gasteiger partial charge on any atom is -0.326 e. The lowest BCUT2D eigenvalue weighted by Crippen LogP contribution is -2.32. The summed E-state index contributed by atoms with van der Waals surface area (Å²) in [7, 11) is 0. The highest BCUT2D eigenvalue weighted by Crippen LogP contribution is 1.99. The molecule has 0 radical (unpaired) electrons. The first-order valence-corrected chi connectivity index (χ1v) is 5.07. The monoisotopic (exact) mass is 194 g/mol. The summed E-state index contributed by atoms with van der Waals surface area (Å²) >= 11 is 0. The Bertz CT molecular complexity index is 343. The lowest BCUT2D eigenvalue weighted by atomic mass is 10.2. The van der Waals surface area contributed by atoms with Gasteiger partial charge in [0.1, 0.15) is 0 Å². The van der Waals surface area contributed by atoms with Crippen LogP contribution in [0.25, 0.3) is 0 Å². The van der Waals surface area contributed by atoms with E-state index in [1.807, 2.05) is 13.0 Å². The van der Waals surface area contributed by atoms with Gasteiger partial charge in [-0.2, -0.15) is 0 Å². The number of rotatable bonds is 4. The molecule has 0 bridgehead atoms. The summed E-state index contributed by atoms with van der Waals surface area (Å²) in [4.78, 5) is 11.5. The summed E-state index contributed by atoms with van der Waals surface area (Å²) in [5.41, 5.74) is 6.91. The van der Waals surface area contributed by atoms with Crippen molar-refractivity contribution in [3.05, 3.63) is 34.2 Å². The van der Waals surface area contributed by atoms with Gasteiger partial charge >= 0.3 is 0 Å². The van der Waals surface area contributed by atoms with E-state index in [2.05, 4.69) is 6.92 Å². The summed E-state index contributed by atoms with van der Waals surface area (Å²) in [6.45, 7) is 4.65. The van der Waals surface area contributed by atoms with Crippen molar-refractivity contribution in [2.45, 2.75) is 39.3 Å². The number of aromatic nitrogens is 1. The highest BCUT2D eigenvalue weighted by atomic mass is 16.1. The van der Waals surface area contributed by atoms with Crippen molar-refractivity contribution in [3.63, 3.8) is 0 Å². The van der Waals surface area contributed by atoms with E-state index in [1.165, 1.54) is 0 Å². The summed E-state index contributed by atoms with van der Waals surface area (Å²) in [6.07, 6.45) is 2.02. The van der Waals surface area contributed by atoms with Crippen LogP contribution in [0.3, 0.4) is 0 Å². The molecule has 0 aliphatic carbocycles. The van der Waals surface area contributed by atoms with Crippen molar-refractivity contribution >= 4 is 0 Å². The summed E-state index contributed by atoms with van der Waals surface area (Å²) in [5.74, 6) is 0. The number of aryl methyl sites for hydroxylation is 1. The van der Waals surface area contributed by atoms with Crippen molar-refractivity contribution in [2.75, 3.05) is 0 Å². The summed E-state index contributed by atoms with van der Waals surface area (Å²) < 4.78 is 1.74. The molecule has 3 heteroatoms. The fourth-order valence-electron chi connectivity index (χ4n) is 1.55. The number of pyridine rings is 1. The Morgan fingerprint density at radius 3 is 2.79 bits per heavy atom. The predicted octanol–water partition coefficient (Wildman–Crippen LogP) is 1.28. The van der Waals surface area contributed by atoms with Gasteiger partial charge in [-0.15, -0.1) is 0 Å². The van der Waals surface area contributed by atoms with Crippen molar-refractivity contribution in [1.29, 1.82) is 0 Å². The third kappa shape index (κ3) is 2.70. The quantitative estimate of drug-likeness (QED) is 0.785. The lowest BCUT2D eigenvalue weighted by molar-refractivity contribution is 0.497. The average Bonchev–Trinajstić information content (AvgIpc) is 2.12. The fourth-order valence-corrected chi connectivity index (χ4v) is 1.55. The number of hydrogen-bond donors (Lipinski definition) is 1. The Morgan fingerprint density at radius 1 is 1.50 bits per heavy atom. The number of nitrogens with two attached hydrogens (primary N) is 1. The van der Waals surface area contributed by atoms with Crippen LogP contribution in [0.2, 0.25) is 0 Å². The van der Waals surface area contributed by atoms with Crippen LogP contribution in [-0.4, -0.2) is 10.6 Å². The molecule has 78 valence electrons. The van der Waals surface area contributed by atoms with Gasteiger partial charge in [0.25, 0.3) is 5.56 Å². The van der Waals surface area contributed by atoms with E-state index in [1.54, 1.807) is 16.7 Å². The third-order valence-electron chi connectivity index (χ3n) is 2.34. The minimum absolute atomic E-state index is 0.0385. The van der Waals surface area contributed by atoms with Gasteiger partial charge in [-0.3, -0.25) is 4.79 Å². The molecule has 0 aliphatic rings. The van der Waals surface area contributed by atoms with Crippen LogP contribution in [0.15, 0.2) is 23.0 Å². The normalized spacial score (nSPS) is 12.8. The highest BCUT2D eigenvalue weighted by Gasteiger charge is 2.05. The number of hydrogen-bond acceptors (Lipinski definition) is 2. The molecule has 0 saturated heterocycles. The van der Waals surface area contributed by atoms with Gasteiger partial charge in [0, 0.05) is 24.3 Å². The Hall–Kier alpha value is -1.09. The predicted molar refractivity (Wildman–Crippen MR) is 58.3 cm³/mol. The van der Waals surface area contributed by atoms with Crippen LogP contribution in [0.1, 0.15) is 25.5 Å². The SMILES string of the molecule is CCCC(N)Cn1c(C)cccc1=O. The molecular weight excluding hydrogens is 176 g/mol. The first kappa shape index (κ1) is 11.0. The van der Waals surface area contributed by atoms with E-state index < -0.39 is 0 Å². The van der Waals surface area contributed by atoms with Crippen LogP contribution in [0.4, 0.5) is 0 Å². The number of nitrogens with zero attached hydrogens (tertiary/aromatic N) is 1. The van der Waals surface area contributed by atoms with Gasteiger partial charge in [0.2, 0.25) is 0 Å². The van der Waals surface area contributed by atoms with E-state index in [0.29, 0.717) is 6.54 Å². The second-order valence-corrected chi connectivity index (χ2v) is 3.66. The Labute approximate surface area is 84.6 Å². The van der Waals surface area contributed by atoms with Crippen molar-refractivity contribution in [2.24, 2.45) is 5.73 Å². The molecule has 1 aromatic heterocycles. The van der Waals surface area contributed by atoms with Crippen LogP contribution in [0.5, 0.6) is 0 Å². The zero-order valence-corrected chi connectivity index (χ0v) is 8.86. The molecule has 2 N–H and O–H groups in total. The van der Waals surface area contributed by atoms with E-state index in [4.69, 9.17) is 5.73 Å². The topological polar surface area (TPSA) is 48.0 Å². The fraction of sp³-hybridized carbons (Fsp3) is 0.545. The molecular formula is C11H18N2O. The van der Waals surface area contributed by atoms with Crippen LogP contribution < -0.4 is 11.3 Å². The average molecular weight is 194 g/mol. The molecule has 1 rings (SSSR count). The smallest absolute Gasteiger partial charge is 0.250 e. The molecule has 0 aliphatic heterocycles. The zero-order chi connectivity index (χ0) is 10.6. The molecule has 0 aromatic carbocycles. The summed E-state index contributed by atoms with van der Waals surface area (Å²) in [6, 6.07) is 5.37. The molecule has 14 heavy (non-hydrogen) atoms. The van der Waals surface area contributed by atoms with Gasteiger partial charge in [-0.25, -0.2) is 0 Å². The van der Waals surface area contributed by atoms with E-state index >= 15 is 0 Å². The standard InChI is InChI=1S/C11H18N2O/c1-3-5-10(12)8-13-9(2)6-4-7-11(13)14/h4,6-7,10H,3,5,8,12H2,1-2H3.